The molecule has 0 amide bonds. The molecule has 3 fully saturated rings. The van der Waals surface area contributed by atoms with Crippen molar-refractivity contribution in [3.8, 4) is 0 Å². The highest BCUT2D eigenvalue weighted by Gasteiger charge is 2.62. The summed E-state index contributed by atoms with van der Waals surface area (Å²) in [5.41, 5.74) is 2.96. The van der Waals surface area contributed by atoms with Gasteiger partial charge in [-0.15, -0.1) is 0 Å². The van der Waals surface area contributed by atoms with Crippen molar-refractivity contribution in [2.75, 3.05) is 0 Å². The quantitative estimate of drug-likeness (QED) is 0.695. The Morgan fingerprint density at radius 2 is 2.09 bits per heavy atom. The third-order valence-electron chi connectivity index (χ3n) is 7.90. The summed E-state index contributed by atoms with van der Waals surface area (Å²) in [5.74, 6) is 0.413. The van der Waals surface area contributed by atoms with Gasteiger partial charge in [-0.05, 0) is 74.5 Å². The van der Waals surface area contributed by atoms with E-state index >= 15 is 0 Å². The summed E-state index contributed by atoms with van der Waals surface area (Å²) in [6.45, 7) is 8.73. The summed E-state index contributed by atoms with van der Waals surface area (Å²) < 4.78 is 0. The van der Waals surface area contributed by atoms with Gasteiger partial charge in [0.25, 0.3) is 0 Å². The van der Waals surface area contributed by atoms with Gasteiger partial charge in [-0.25, -0.2) is 0 Å². The van der Waals surface area contributed by atoms with Crippen LogP contribution in [0.5, 0.6) is 0 Å². The molecule has 120 valence electrons. The number of allylic oxidation sites excluding steroid dienone is 3. The molecule has 1 unspecified atom stereocenters. The zero-order valence-electron chi connectivity index (χ0n) is 14.0. The molecule has 1 N–H and O–H groups in total. The Morgan fingerprint density at radius 3 is 2.82 bits per heavy atom. The highest BCUT2D eigenvalue weighted by atomic mass is 16.4. The van der Waals surface area contributed by atoms with Crippen molar-refractivity contribution in [2.24, 2.45) is 28.1 Å². The maximum Gasteiger partial charge on any atom is 0.309 e. The second kappa shape index (κ2) is 4.27. The first-order valence-electron chi connectivity index (χ1n) is 8.94. The van der Waals surface area contributed by atoms with Crippen LogP contribution in [-0.4, -0.2) is 11.1 Å². The number of fused-ring (bicyclic) bond motifs is 3. The molecule has 0 aromatic heterocycles. The van der Waals surface area contributed by atoms with Gasteiger partial charge in [-0.1, -0.05) is 37.1 Å². The van der Waals surface area contributed by atoms with Crippen molar-refractivity contribution in [3.05, 3.63) is 23.8 Å². The average molecular weight is 300 g/mol. The zero-order chi connectivity index (χ0) is 15.8. The fourth-order valence-electron chi connectivity index (χ4n) is 6.87. The fourth-order valence-corrected chi connectivity index (χ4v) is 6.87. The highest BCUT2D eigenvalue weighted by molar-refractivity contribution is 5.75. The maximum atomic E-state index is 12.0. The van der Waals surface area contributed by atoms with E-state index in [0.717, 1.165) is 32.1 Å². The lowest BCUT2D eigenvalue weighted by molar-refractivity contribution is -0.161. The Morgan fingerprint density at radius 1 is 1.32 bits per heavy atom. The third kappa shape index (κ3) is 1.59. The van der Waals surface area contributed by atoms with Crippen molar-refractivity contribution in [2.45, 2.75) is 65.2 Å². The number of hydrogen-bond acceptors (Lipinski definition) is 1. The molecule has 0 aromatic carbocycles. The Balaban J connectivity index is 1.80. The first kappa shape index (κ1) is 14.5. The first-order valence-corrected chi connectivity index (χ1v) is 8.94. The molecule has 2 bridgehead atoms. The number of hydrogen-bond donors (Lipinski definition) is 1. The lowest BCUT2D eigenvalue weighted by atomic mass is 9.44. The molecule has 5 atom stereocenters. The van der Waals surface area contributed by atoms with Gasteiger partial charge in [0.2, 0.25) is 0 Å². The molecule has 22 heavy (non-hydrogen) atoms. The molecule has 0 radical (unpaired) electrons. The SMILES string of the molecule is C=C1C[C@@]23CC[C@@H]4C(C)(C(=O)O)CCC[C@@]4(C)C2=CC[C@@H]1C3. The van der Waals surface area contributed by atoms with E-state index in [0.29, 0.717) is 17.3 Å². The molecule has 4 rings (SSSR count). The lowest BCUT2D eigenvalue weighted by Gasteiger charge is -2.60. The van der Waals surface area contributed by atoms with Crippen LogP contribution in [0.3, 0.4) is 0 Å². The third-order valence-corrected chi connectivity index (χ3v) is 7.90. The van der Waals surface area contributed by atoms with Crippen molar-refractivity contribution in [3.63, 3.8) is 0 Å². The van der Waals surface area contributed by atoms with Crippen molar-refractivity contribution in [1.82, 2.24) is 0 Å². The second-order valence-corrected chi connectivity index (χ2v) is 8.95. The molecule has 1 spiro atoms. The summed E-state index contributed by atoms with van der Waals surface area (Å²) in [6, 6.07) is 0. The molecule has 4 aliphatic rings. The Labute approximate surface area is 133 Å². The van der Waals surface area contributed by atoms with Crippen LogP contribution in [0.25, 0.3) is 0 Å². The van der Waals surface area contributed by atoms with Crippen LogP contribution in [0.2, 0.25) is 0 Å². The van der Waals surface area contributed by atoms with E-state index in [4.69, 9.17) is 0 Å². The van der Waals surface area contributed by atoms with Crippen molar-refractivity contribution < 1.29 is 9.90 Å². The monoisotopic (exact) mass is 300 g/mol. The van der Waals surface area contributed by atoms with Gasteiger partial charge >= 0.3 is 5.97 Å². The first-order chi connectivity index (χ1) is 10.3. The molecule has 3 saturated carbocycles. The predicted molar refractivity (Wildman–Crippen MR) is 87.4 cm³/mol. The largest absolute Gasteiger partial charge is 0.481 e. The van der Waals surface area contributed by atoms with E-state index in [2.05, 4.69) is 19.6 Å². The maximum absolute atomic E-state index is 12.0. The van der Waals surface area contributed by atoms with Crippen LogP contribution < -0.4 is 0 Å². The molecule has 0 aromatic rings. The zero-order valence-corrected chi connectivity index (χ0v) is 14.0. The minimum Gasteiger partial charge on any atom is -0.481 e. The van der Waals surface area contributed by atoms with Crippen LogP contribution in [-0.2, 0) is 4.79 Å². The van der Waals surface area contributed by atoms with E-state index in [-0.39, 0.29) is 5.41 Å². The minimum atomic E-state index is -0.579. The van der Waals surface area contributed by atoms with E-state index in [1.165, 1.54) is 24.8 Å². The minimum absolute atomic E-state index is 0.0965. The van der Waals surface area contributed by atoms with Crippen LogP contribution in [0.1, 0.15) is 65.2 Å². The summed E-state index contributed by atoms with van der Waals surface area (Å²) in [4.78, 5) is 12.0. The second-order valence-electron chi connectivity index (χ2n) is 8.95. The standard InChI is InChI=1S/C20H28O2/c1-13-11-20-10-7-15-18(2,16(20)6-5-14(13)12-20)8-4-9-19(15,3)17(21)22/h6,14-15H,1,4-5,7-12H2,2-3H3,(H,21,22)/t14-,15+,18-,19?,20-/m1/s1. The molecule has 0 heterocycles. The number of rotatable bonds is 1. The van der Waals surface area contributed by atoms with Gasteiger partial charge in [-0.3, -0.25) is 4.79 Å². The summed E-state index contributed by atoms with van der Waals surface area (Å²) in [6.07, 6.45) is 11.4. The van der Waals surface area contributed by atoms with Crippen molar-refractivity contribution in [1.29, 1.82) is 0 Å². The highest BCUT2D eigenvalue weighted by Crippen LogP contribution is 2.70. The number of carboxylic acids is 1. The Bertz CT molecular complexity index is 589. The van der Waals surface area contributed by atoms with E-state index in [1.807, 2.05) is 6.92 Å². The Kier molecular flexibility index (Phi) is 2.82. The van der Waals surface area contributed by atoms with E-state index in [9.17, 15) is 9.90 Å². The predicted octanol–water partition coefficient (Wildman–Crippen LogP) is 4.96. The van der Waals surface area contributed by atoms with Crippen molar-refractivity contribution >= 4 is 5.97 Å². The average Bonchev–Trinajstić information content (AvgIpc) is 2.68. The molecule has 0 saturated heterocycles. The van der Waals surface area contributed by atoms with Crippen LogP contribution in [0, 0.1) is 28.1 Å². The van der Waals surface area contributed by atoms with Crippen LogP contribution in [0.15, 0.2) is 23.8 Å². The van der Waals surface area contributed by atoms with E-state index < -0.39 is 11.4 Å². The van der Waals surface area contributed by atoms with Gasteiger partial charge in [-0.2, -0.15) is 0 Å². The summed E-state index contributed by atoms with van der Waals surface area (Å²) in [5, 5.41) is 9.89. The summed E-state index contributed by atoms with van der Waals surface area (Å²) >= 11 is 0. The smallest absolute Gasteiger partial charge is 0.309 e. The van der Waals surface area contributed by atoms with Gasteiger partial charge in [0, 0.05) is 0 Å². The van der Waals surface area contributed by atoms with Crippen LogP contribution >= 0.6 is 0 Å². The molecular formula is C20H28O2. The number of carbonyl (C=O) groups is 1. The Hall–Kier alpha value is -1.05. The normalized spacial score (nSPS) is 50.1. The molecule has 4 aliphatic carbocycles. The van der Waals surface area contributed by atoms with Crippen LogP contribution in [0.4, 0.5) is 0 Å². The van der Waals surface area contributed by atoms with E-state index in [1.54, 1.807) is 5.57 Å². The van der Waals surface area contributed by atoms with Gasteiger partial charge < -0.3 is 5.11 Å². The molecule has 2 heteroatoms. The molecule has 2 nitrogen and oxygen atoms in total. The number of aliphatic carboxylic acids is 1. The van der Waals surface area contributed by atoms with Gasteiger partial charge in [0.1, 0.15) is 0 Å². The number of carboxylic acid groups (broad SMARTS) is 1. The molecule has 0 aliphatic heterocycles. The molecular weight excluding hydrogens is 272 g/mol. The summed E-state index contributed by atoms with van der Waals surface area (Å²) in [7, 11) is 0. The topological polar surface area (TPSA) is 37.3 Å². The van der Waals surface area contributed by atoms with Gasteiger partial charge in [0.05, 0.1) is 5.41 Å². The lowest BCUT2D eigenvalue weighted by Crippen LogP contribution is -2.54. The fraction of sp³-hybridized carbons (Fsp3) is 0.750. The van der Waals surface area contributed by atoms with Gasteiger partial charge in [0.15, 0.2) is 0 Å².